The number of nitrogens with zero attached hydrogens (tertiary/aromatic N) is 5. The number of hydrogen-bond acceptors (Lipinski definition) is 5. The first-order valence-electron chi connectivity index (χ1n) is 10.8. The number of anilines is 1. The lowest BCUT2D eigenvalue weighted by molar-refractivity contribution is 0.0684. The van der Waals surface area contributed by atoms with Crippen LogP contribution < -0.4 is 4.90 Å². The number of rotatable bonds is 6. The maximum atomic E-state index is 12.9. The second-order valence-corrected chi connectivity index (χ2v) is 8.22. The van der Waals surface area contributed by atoms with E-state index in [-0.39, 0.29) is 18.6 Å². The van der Waals surface area contributed by atoms with Gasteiger partial charge in [0, 0.05) is 44.8 Å². The number of pyridine rings is 1. The maximum Gasteiger partial charge on any atom is 0.255 e. The number of amides is 1. The Morgan fingerprint density at radius 1 is 1.14 bits per heavy atom. The van der Waals surface area contributed by atoms with E-state index in [9.17, 15) is 9.90 Å². The average Bonchev–Trinajstić information content (AvgIpc) is 3.31. The molecule has 7 nitrogen and oxygen atoms in total. The Balaban J connectivity index is 1.29. The standard InChI is InChI=1S/C22H31N5O2/c28-17-20-4-1-2-12-27(20)21-6-5-19(16-23-21)22(29)25-13-7-18(8-14-25)9-15-26-11-3-10-24-26/h3,5-6,10-11,16,18,20,28H,1-2,4,7-9,12-15,17H2/t20-/m1/s1. The van der Waals surface area contributed by atoms with Crippen LogP contribution in [-0.4, -0.2) is 63.0 Å². The molecule has 156 valence electrons. The van der Waals surface area contributed by atoms with Crippen molar-refractivity contribution < 1.29 is 9.90 Å². The van der Waals surface area contributed by atoms with Gasteiger partial charge in [-0.15, -0.1) is 0 Å². The zero-order valence-electron chi connectivity index (χ0n) is 17.0. The predicted molar refractivity (Wildman–Crippen MR) is 112 cm³/mol. The minimum Gasteiger partial charge on any atom is -0.394 e. The number of likely N-dealkylation sites (tertiary alicyclic amines) is 1. The lowest BCUT2D eigenvalue weighted by Crippen LogP contribution is -2.42. The highest BCUT2D eigenvalue weighted by molar-refractivity contribution is 5.94. The monoisotopic (exact) mass is 397 g/mol. The fourth-order valence-electron chi connectivity index (χ4n) is 4.53. The van der Waals surface area contributed by atoms with E-state index in [4.69, 9.17) is 0 Å². The SMILES string of the molecule is O=C(c1ccc(N2CCCC[C@@H]2CO)nc1)N1CCC(CCn2cccn2)CC1. The fourth-order valence-corrected chi connectivity index (χ4v) is 4.53. The molecule has 4 heterocycles. The highest BCUT2D eigenvalue weighted by Crippen LogP contribution is 2.25. The molecule has 0 spiro atoms. The van der Waals surface area contributed by atoms with Crippen LogP contribution >= 0.6 is 0 Å². The number of carbonyl (C=O) groups is 1. The molecule has 2 saturated heterocycles. The van der Waals surface area contributed by atoms with Crippen molar-refractivity contribution in [3.63, 3.8) is 0 Å². The molecule has 2 aliphatic heterocycles. The lowest BCUT2D eigenvalue weighted by atomic mass is 9.93. The molecular weight excluding hydrogens is 366 g/mol. The van der Waals surface area contributed by atoms with E-state index < -0.39 is 0 Å². The van der Waals surface area contributed by atoms with Gasteiger partial charge in [0.15, 0.2) is 0 Å². The molecule has 2 fully saturated rings. The third kappa shape index (κ3) is 4.78. The van der Waals surface area contributed by atoms with Gasteiger partial charge in [-0.3, -0.25) is 9.48 Å². The summed E-state index contributed by atoms with van der Waals surface area (Å²) < 4.78 is 1.98. The van der Waals surface area contributed by atoms with Crippen LogP contribution in [0.5, 0.6) is 0 Å². The maximum absolute atomic E-state index is 12.9. The number of aliphatic hydroxyl groups is 1. The van der Waals surface area contributed by atoms with E-state index in [2.05, 4.69) is 15.0 Å². The van der Waals surface area contributed by atoms with Crippen LogP contribution in [0.3, 0.4) is 0 Å². The van der Waals surface area contributed by atoms with Crippen molar-refractivity contribution in [3.05, 3.63) is 42.4 Å². The van der Waals surface area contributed by atoms with Crippen LogP contribution in [0.1, 0.15) is 48.9 Å². The first-order chi connectivity index (χ1) is 14.2. The predicted octanol–water partition coefficient (Wildman–Crippen LogP) is 2.57. The summed E-state index contributed by atoms with van der Waals surface area (Å²) >= 11 is 0. The molecule has 29 heavy (non-hydrogen) atoms. The highest BCUT2D eigenvalue weighted by Gasteiger charge is 2.25. The summed E-state index contributed by atoms with van der Waals surface area (Å²) in [6, 6.07) is 5.91. The molecule has 2 aromatic heterocycles. The molecule has 1 amide bonds. The van der Waals surface area contributed by atoms with Crippen molar-refractivity contribution in [3.8, 4) is 0 Å². The third-order valence-corrected chi connectivity index (χ3v) is 6.35. The average molecular weight is 398 g/mol. The van der Waals surface area contributed by atoms with Crippen LogP contribution in [0, 0.1) is 5.92 Å². The zero-order valence-corrected chi connectivity index (χ0v) is 17.0. The van der Waals surface area contributed by atoms with Gasteiger partial charge in [0.05, 0.1) is 18.2 Å². The minimum absolute atomic E-state index is 0.0759. The molecular formula is C22H31N5O2. The molecule has 0 bridgehead atoms. The molecule has 0 saturated carbocycles. The Morgan fingerprint density at radius 3 is 2.69 bits per heavy atom. The molecule has 7 heteroatoms. The molecule has 4 rings (SSSR count). The van der Waals surface area contributed by atoms with Crippen molar-refractivity contribution in [1.82, 2.24) is 19.7 Å². The van der Waals surface area contributed by atoms with Crippen molar-refractivity contribution in [2.75, 3.05) is 31.1 Å². The largest absolute Gasteiger partial charge is 0.394 e. The van der Waals surface area contributed by atoms with Gasteiger partial charge in [-0.05, 0) is 62.6 Å². The smallest absolute Gasteiger partial charge is 0.255 e. The zero-order chi connectivity index (χ0) is 20.1. The fraction of sp³-hybridized carbons (Fsp3) is 0.591. The summed E-state index contributed by atoms with van der Waals surface area (Å²) in [7, 11) is 0. The number of aryl methyl sites for hydroxylation is 1. The number of aromatic nitrogens is 3. The topological polar surface area (TPSA) is 74.5 Å². The van der Waals surface area contributed by atoms with E-state index in [0.717, 1.165) is 70.5 Å². The second-order valence-electron chi connectivity index (χ2n) is 8.22. The van der Waals surface area contributed by atoms with Crippen molar-refractivity contribution in [2.24, 2.45) is 5.92 Å². The number of hydrogen-bond donors (Lipinski definition) is 1. The molecule has 0 aromatic carbocycles. The van der Waals surface area contributed by atoms with E-state index >= 15 is 0 Å². The highest BCUT2D eigenvalue weighted by atomic mass is 16.3. The molecule has 1 N–H and O–H groups in total. The van der Waals surface area contributed by atoms with E-state index in [1.54, 1.807) is 6.20 Å². The third-order valence-electron chi connectivity index (χ3n) is 6.35. The first kappa shape index (κ1) is 19.9. The summed E-state index contributed by atoms with van der Waals surface area (Å²) in [6.45, 7) is 3.63. The van der Waals surface area contributed by atoms with Gasteiger partial charge in [-0.25, -0.2) is 4.98 Å². The number of carbonyl (C=O) groups excluding carboxylic acids is 1. The van der Waals surface area contributed by atoms with Gasteiger partial charge in [0.25, 0.3) is 5.91 Å². The Morgan fingerprint density at radius 2 is 2.00 bits per heavy atom. The molecule has 0 radical (unpaired) electrons. The van der Waals surface area contributed by atoms with Crippen molar-refractivity contribution >= 4 is 11.7 Å². The van der Waals surface area contributed by atoms with Crippen LogP contribution in [0.25, 0.3) is 0 Å². The Hall–Kier alpha value is -2.41. The normalized spacial score (nSPS) is 20.8. The summed E-state index contributed by atoms with van der Waals surface area (Å²) in [6.07, 6.45) is 12.0. The summed E-state index contributed by atoms with van der Waals surface area (Å²) in [5.74, 6) is 1.59. The van der Waals surface area contributed by atoms with E-state index in [1.807, 2.05) is 40.2 Å². The minimum atomic E-state index is 0.0759. The molecule has 0 aliphatic carbocycles. The van der Waals surface area contributed by atoms with Gasteiger partial charge < -0.3 is 14.9 Å². The van der Waals surface area contributed by atoms with Crippen LogP contribution in [0.15, 0.2) is 36.8 Å². The summed E-state index contributed by atoms with van der Waals surface area (Å²) in [4.78, 5) is 21.6. The summed E-state index contributed by atoms with van der Waals surface area (Å²) in [5.41, 5.74) is 0.654. The van der Waals surface area contributed by atoms with Crippen LogP contribution in [0.4, 0.5) is 5.82 Å². The van der Waals surface area contributed by atoms with E-state index in [0.29, 0.717) is 11.5 Å². The number of piperidine rings is 2. The van der Waals surface area contributed by atoms with Crippen LogP contribution in [-0.2, 0) is 6.54 Å². The Bertz CT molecular complexity index is 769. The van der Waals surface area contributed by atoms with Crippen LogP contribution in [0.2, 0.25) is 0 Å². The quantitative estimate of drug-likeness (QED) is 0.811. The first-order valence-corrected chi connectivity index (χ1v) is 10.8. The lowest BCUT2D eigenvalue weighted by Gasteiger charge is -2.35. The molecule has 2 aromatic rings. The van der Waals surface area contributed by atoms with Gasteiger partial charge >= 0.3 is 0 Å². The van der Waals surface area contributed by atoms with Gasteiger partial charge in [-0.1, -0.05) is 0 Å². The van der Waals surface area contributed by atoms with E-state index in [1.165, 1.54) is 0 Å². The van der Waals surface area contributed by atoms with Gasteiger partial charge in [0.1, 0.15) is 5.82 Å². The van der Waals surface area contributed by atoms with Gasteiger partial charge in [0.2, 0.25) is 0 Å². The Labute approximate surface area is 172 Å². The molecule has 1 atom stereocenters. The van der Waals surface area contributed by atoms with Crippen molar-refractivity contribution in [2.45, 2.75) is 51.1 Å². The van der Waals surface area contributed by atoms with Crippen molar-refractivity contribution in [1.29, 1.82) is 0 Å². The second kappa shape index (κ2) is 9.39. The molecule has 2 aliphatic rings. The number of aliphatic hydroxyl groups excluding tert-OH is 1. The Kier molecular flexibility index (Phi) is 6.44. The summed E-state index contributed by atoms with van der Waals surface area (Å²) in [5, 5.41) is 13.9. The van der Waals surface area contributed by atoms with Gasteiger partial charge in [-0.2, -0.15) is 5.10 Å². The molecule has 0 unspecified atom stereocenters.